The smallest absolute Gasteiger partial charge is 0.420 e. The molecule has 2 atom stereocenters. The van der Waals surface area contributed by atoms with Gasteiger partial charge in [-0.05, 0) is 37.1 Å². The second-order valence-electron chi connectivity index (χ2n) is 5.72. The second kappa shape index (κ2) is 6.44. The van der Waals surface area contributed by atoms with Crippen LogP contribution in [0, 0.1) is 11.8 Å². The van der Waals surface area contributed by atoms with E-state index in [0.717, 1.165) is 25.6 Å². The van der Waals surface area contributed by atoms with Crippen molar-refractivity contribution < 1.29 is 17.9 Å². The summed E-state index contributed by atoms with van der Waals surface area (Å²) in [6.07, 6.45) is -3.81. The lowest BCUT2D eigenvalue weighted by Gasteiger charge is -2.29. The maximum absolute atomic E-state index is 13.1. The van der Waals surface area contributed by atoms with Gasteiger partial charge in [-0.25, -0.2) is 0 Å². The van der Waals surface area contributed by atoms with Crippen LogP contribution in [0.5, 0.6) is 5.75 Å². The number of halogens is 4. The topological polar surface area (TPSA) is 21.3 Å². The van der Waals surface area contributed by atoms with Crippen LogP contribution in [0.3, 0.4) is 0 Å². The molecule has 0 amide bonds. The monoisotopic (exact) mass is 321 g/mol. The molecule has 1 saturated heterocycles. The molecule has 0 spiro atoms. The Bertz CT molecular complexity index is 484. The molecular formula is C15H19ClF3NO. The SMILES string of the molecule is CC(C)[C@@H](Oc1ccc(Cl)cc1C(F)(F)F)[C@H]1CCNC1. The molecule has 2 nitrogen and oxygen atoms in total. The first kappa shape index (κ1) is 16.4. The van der Waals surface area contributed by atoms with E-state index in [4.69, 9.17) is 16.3 Å². The number of ether oxygens (including phenoxy) is 1. The van der Waals surface area contributed by atoms with Crippen molar-refractivity contribution in [3.63, 3.8) is 0 Å². The van der Waals surface area contributed by atoms with Crippen LogP contribution in [-0.4, -0.2) is 19.2 Å². The fourth-order valence-electron chi connectivity index (χ4n) is 2.71. The molecule has 0 radical (unpaired) electrons. The molecule has 0 saturated carbocycles. The van der Waals surface area contributed by atoms with Crippen LogP contribution in [0.4, 0.5) is 13.2 Å². The Morgan fingerprint density at radius 3 is 2.57 bits per heavy atom. The average Bonchev–Trinajstić information content (AvgIpc) is 2.89. The minimum absolute atomic E-state index is 0.0540. The summed E-state index contributed by atoms with van der Waals surface area (Å²) in [5, 5.41) is 3.28. The van der Waals surface area contributed by atoms with Gasteiger partial charge in [0.15, 0.2) is 0 Å². The minimum atomic E-state index is -4.48. The van der Waals surface area contributed by atoms with Crippen LogP contribution < -0.4 is 10.1 Å². The summed E-state index contributed by atoms with van der Waals surface area (Å²) < 4.78 is 45.1. The highest BCUT2D eigenvalue weighted by Gasteiger charge is 2.37. The zero-order chi connectivity index (χ0) is 15.6. The molecule has 1 heterocycles. The molecular weight excluding hydrogens is 303 g/mol. The van der Waals surface area contributed by atoms with E-state index in [1.165, 1.54) is 12.1 Å². The van der Waals surface area contributed by atoms with Gasteiger partial charge in [-0.15, -0.1) is 0 Å². The fourth-order valence-corrected chi connectivity index (χ4v) is 2.88. The van der Waals surface area contributed by atoms with Gasteiger partial charge in [-0.3, -0.25) is 0 Å². The normalized spacial score (nSPS) is 20.8. The number of benzene rings is 1. The van der Waals surface area contributed by atoms with E-state index in [1.54, 1.807) is 0 Å². The average molecular weight is 322 g/mol. The highest BCUT2D eigenvalue weighted by atomic mass is 35.5. The highest BCUT2D eigenvalue weighted by Crippen LogP contribution is 2.39. The molecule has 0 bridgehead atoms. The number of alkyl halides is 3. The van der Waals surface area contributed by atoms with Gasteiger partial charge in [-0.1, -0.05) is 25.4 Å². The first-order valence-corrected chi connectivity index (χ1v) is 7.41. The third-order valence-electron chi connectivity index (χ3n) is 3.73. The molecule has 2 rings (SSSR count). The van der Waals surface area contributed by atoms with E-state index in [9.17, 15) is 13.2 Å². The summed E-state index contributed by atoms with van der Waals surface area (Å²) >= 11 is 5.68. The number of nitrogens with one attached hydrogen (secondary N) is 1. The zero-order valence-electron chi connectivity index (χ0n) is 12.0. The molecule has 118 valence electrons. The lowest BCUT2D eigenvalue weighted by molar-refractivity contribution is -0.139. The lowest BCUT2D eigenvalue weighted by atomic mass is 9.92. The van der Waals surface area contributed by atoms with Crippen molar-refractivity contribution >= 4 is 11.6 Å². The molecule has 1 fully saturated rings. The van der Waals surface area contributed by atoms with Crippen LogP contribution in [-0.2, 0) is 6.18 Å². The molecule has 1 aromatic carbocycles. The molecule has 1 aromatic rings. The first-order chi connectivity index (χ1) is 9.79. The van der Waals surface area contributed by atoms with E-state index in [-0.39, 0.29) is 28.7 Å². The first-order valence-electron chi connectivity index (χ1n) is 7.03. The van der Waals surface area contributed by atoms with E-state index in [1.807, 2.05) is 13.8 Å². The van der Waals surface area contributed by atoms with Gasteiger partial charge >= 0.3 is 6.18 Å². The van der Waals surface area contributed by atoms with Crippen LogP contribution in [0.1, 0.15) is 25.8 Å². The second-order valence-corrected chi connectivity index (χ2v) is 6.15. The van der Waals surface area contributed by atoms with Crippen molar-refractivity contribution in [3.05, 3.63) is 28.8 Å². The predicted molar refractivity (Wildman–Crippen MR) is 76.7 cm³/mol. The Morgan fingerprint density at radius 1 is 1.33 bits per heavy atom. The number of rotatable bonds is 4. The molecule has 6 heteroatoms. The van der Waals surface area contributed by atoms with Crippen LogP contribution in [0.2, 0.25) is 5.02 Å². The molecule has 21 heavy (non-hydrogen) atoms. The molecule has 1 aliphatic rings. The van der Waals surface area contributed by atoms with Crippen LogP contribution in [0.25, 0.3) is 0 Å². The van der Waals surface area contributed by atoms with Gasteiger partial charge in [0.05, 0.1) is 5.56 Å². The van der Waals surface area contributed by atoms with Gasteiger partial charge in [0.25, 0.3) is 0 Å². The molecule has 0 aromatic heterocycles. The maximum atomic E-state index is 13.1. The molecule has 1 aliphatic heterocycles. The van der Waals surface area contributed by atoms with Gasteiger partial charge in [-0.2, -0.15) is 13.2 Å². The summed E-state index contributed by atoms with van der Waals surface area (Å²) in [6, 6.07) is 3.65. The summed E-state index contributed by atoms with van der Waals surface area (Å²) in [6.45, 7) is 5.58. The summed E-state index contributed by atoms with van der Waals surface area (Å²) in [5.41, 5.74) is -0.813. The van der Waals surface area contributed by atoms with Gasteiger partial charge in [0, 0.05) is 17.5 Å². The largest absolute Gasteiger partial charge is 0.489 e. The van der Waals surface area contributed by atoms with Crippen LogP contribution in [0.15, 0.2) is 18.2 Å². The zero-order valence-corrected chi connectivity index (χ0v) is 12.8. The lowest BCUT2D eigenvalue weighted by Crippen LogP contribution is -2.34. The van der Waals surface area contributed by atoms with Crippen molar-refractivity contribution in [1.82, 2.24) is 5.32 Å². The Morgan fingerprint density at radius 2 is 2.05 bits per heavy atom. The Hall–Kier alpha value is -0.940. The van der Waals surface area contributed by atoms with Crippen molar-refractivity contribution in [2.45, 2.75) is 32.5 Å². The summed E-state index contributed by atoms with van der Waals surface area (Å²) in [5.74, 6) is 0.214. The van der Waals surface area contributed by atoms with E-state index < -0.39 is 11.7 Å². The Balaban J connectivity index is 2.28. The minimum Gasteiger partial charge on any atom is -0.489 e. The van der Waals surface area contributed by atoms with Gasteiger partial charge in [0.2, 0.25) is 0 Å². The third-order valence-corrected chi connectivity index (χ3v) is 3.97. The van der Waals surface area contributed by atoms with Crippen molar-refractivity contribution in [2.75, 3.05) is 13.1 Å². The summed E-state index contributed by atoms with van der Waals surface area (Å²) in [4.78, 5) is 0. The van der Waals surface area contributed by atoms with E-state index in [2.05, 4.69) is 5.32 Å². The Kier molecular flexibility index (Phi) is 5.04. The fraction of sp³-hybridized carbons (Fsp3) is 0.600. The number of hydrogen-bond acceptors (Lipinski definition) is 2. The molecule has 1 N–H and O–H groups in total. The van der Waals surface area contributed by atoms with Gasteiger partial charge < -0.3 is 10.1 Å². The standard InChI is InChI=1S/C15H19ClF3NO/c1-9(2)14(10-5-6-20-8-10)21-13-4-3-11(16)7-12(13)15(17,18)19/h3-4,7,9-10,14,20H,5-6,8H2,1-2H3/t10-,14+/m0/s1. The molecule has 0 unspecified atom stereocenters. The van der Waals surface area contributed by atoms with Crippen LogP contribution >= 0.6 is 11.6 Å². The maximum Gasteiger partial charge on any atom is 0.420 e. The molecule has 0 aliphatic carbocycles. The third kappa shape index (κ3) is 4.04. The number of hydrogen-bond donors (Lipinski definition) is 1. The highest BCUT2D eigenvalue weighted by molar-refractivity contribution is 6.30. The van der Waals surface area contributed by atoms with Gasteiger partial charge in [0.1, 0.15) is 11.9 Å². The predicted octanol–water partition coefficient (Wildman–Crippen LogP) is 4.37. The quantitative estimate of drug-likeness (QED) is 0.889. The van der Waals surface area contributed by atoms with E-state index in [0.29, 0.717) is 0 Å². The van der Waals surface area contributed by atoms with Crippen molar-refractivity contribution in [3.8, 4) is 5.75 Å². The Labute approximate surface area is 127 Å². The van der Waals surface area contributed by atoms with Crippen molar-refractivity contribution in [2.24, 2.45) is 11.8 Å². The van der Waals surface area contributed by atoms with Crippen molar-refractivity contribution in [1.29, 1.82) is 0 Å². The summed E-state index contributed by atoms with van der Waals surface area (Å²) in [7, 11) is 0. The van der Waals surface area contributed by atoms with E-state index >= 15 is 0 Å².